The number of piperidine rings is 1. The molecule has 5 nitrogen and oxygen atoms in total. The third kappa shape index (κ3) is 2.72. The molecule has 5 heteroatoms. The van der Waals surface area contributed by atoms with Crippen molar-refractivity contribution in [3.05, 3.63) is 30.2 Å². The second-order valence-corrected chi connectivity index (χ2v) is 5.26. The minimum absolute atomic E-state index is 0.335. The van der Waals surface area contributed by atoms with E-state index >= 15 is 0 Å². The van der Waals surface area contributed by atoms with E-state index in [-0.39, 0.29) is 0 Å². The Hall–Kier alpha value is -1.59. The molecule has 0 amide bonds. The zero-order valence-electron chi connectivity index (χ0n) is 11.1. The Balaban J connectivity index is 1.67. The summed E-state index contributed by atoms with van der Waals surface area (Å²) in [6, 6.07) is 6.48. The highest BCUT2D eigenvalue weighted by molar-refractivity contribution is 5.49. The van der Waals surface area contributed by atoms with Crippen LogP contribution in [0.1, 0.15) is 25.5 Å². The first kappa shape index (κ1) is 12.4. The lowest BCUT2D eigenvalue weighted by Gasteiger charge is -2.35. The van der Waals surface area contributed by atoms with Crippen molar-refractivity contribution in [2.45, 2.75) is 38.4 Å². The Morgan fingerprint density at radius 2 is 2.37 bits per heavy atom. The van der Waals surface area contributed by atoms with Gasteiger partial charge >= 0.3 is 0 Å². The van der Waals surface area contributed by atoms with Crippen LogP contribution < -0.4 is 5.73 Å². The fourth-order valence-electron chi connectivity index (χ4n) is 2.62. The van der Waals surface area contributed by atoms with Gasteiger partial charge in [0.2, 0.25) is 5.76 Å². The third-order valence-electron chi connectivity index (χ3n) is 3.74. The van der Waals surface area contributed by atoms with E-state index in [1.165, 1.54) is 0 Å². The van der Waals surface area contributed by atoms with Crippen LogP contribution in [0, 0.1) is 0 Å². The molecule has 19 heavy (non-hydrogen) atoms. The third-order valence-corrected chi connectivity index (χ3v) is 3.74. The van der Waals surface area contributed by atoms with Gasteiger partial charge in [0, 0.05) is 31.2 Å². The molecule has 3 rings (SSSR count). The Labute approximate surface area is 112 Å². The van der Waals surface area contributed by atoms with Crippen LogP contribution in [0.2, 0.25) is 0 Å². The van der Waals surface area contributed by atoms with Crippen LogP contribution in [0.5, 0.6) is 0 Å². The highest BCUT2D eigenvalue weighted by Gasteiger charge is 2.24. The van der Waals surface area contributed by atoms with E-state index in [2.05, 4.69) is 17.0 Å². The van der Waals surface area contributed by atoms with Gasteiger partial charge in [-0.25, -0.2) is 0 Å². The van der Waals surface area contributed by atoms with E-state index < -0.39 is 0 Å². The molecule has 1 aliphatic heterocycles. The van der Waals surface area contributed by atoms with Crippen molar-refractivity contribution in [1.82, 2.24) is 10.1 Å². The van der Waals surface area contributed by atoms with Gasteiger partial charge in [0.25, 0.3) is 0 Å². The molecule has 2 atom stereocenters. The van der Waals surface area contributed by atoms with Crippen molar-refractivity contribution in [2.75, 3.05) is 6.54 Å². The molecule has 0 saturated carbocycles. The van der Waals surface area contributed by atoms with Gasteiger partial charge in [-0.3, -0.25) is 4.90 Å². The summed E-state index contributed by atoms with van der Waals surface area (Å²) < 4.78 is 10.6. The largest absolute Gasteiger partial charge is 0.461 e. The minimum Gasteiger partial charge on any atom is -0.461 e. The van der Waals surface area contributed by atoms with Crippen molar-refractivity contribution in [2.24, 2.45) is 5.73 Å². The summed E-state index contributed by atoms with van der Waals surface area (Å²) in [6.45, 7) is 4.04. The molecule has 102 valence electrons. The average molecular weight is 261 g/mol. The first-order chi connectivity index (χ1) is 9.22. The lowest BCUT2D eigenvalue weighted by atomic mass is 9.99. The van der Waals surface area contributed by atoms with Crippen molar-refractivity contribution >= 4 is 0 Å². The fourth-order valence-corrected chi connectivity index (χ4v) is 2.62. The number of nitrogens with two attached hydrogens (primary N) is 1. The Bertz CT molecular complexity index is 521. The van der Waals surface area contributed by atoms with Gasteiger partial charge in [-0.1, -0.05) is 5.16 Å². The normalized spacial score (nSPS) is 24.7. The molecule has 0 aliphatic carbocycles. The van der Waals surface area contributed by atoms with E-state index in [1.807, 2.05) is 18.2 Å². The molecule has 1 saturated heterocycles. The number of likely N-dealkylation sites (tertiary alicyclic amines) is 1. The van der Waals surface area contributed by atoms with E-state index in [0.717, 1.165) is 31.6 Å². The predicted octanol–water partition coefficient (Wildman–Crippen LogP) is 2.25. The van der Waals surface area contributed by atoms with Gasteiger partial charge in [0.15, 0.2) is 5.76 Å². The molecule has 3 heterocycles. The molecule has 0 bridgehead atoms. The van der Waals surface area contributed by atoms with Gasteiger partial charge in [0.05, 0.1) is 12.0 Å². The van der Waals surface area contributed by atoms with Crippen molar-refractivity contribution in [3.63, 3.8) is 0 Å². The van der Waals surface area contributed by atoms with Gasteiger partial charge in [-0.05, 0) is 31.9 Å². The maximum atomic E-state index is 5.98. The van der Waals surface area contributed by atoms with Crippen LogP contribution in [-0.2, 0) is 6.54 Å². The zero-order valence-corrected chi connectivity index (χ0v) is 11.1. The van der Waals surface area contributed by atoms with Crippen LogP contribution in [0.25, 0.3) is 11.5 Å². The lowest BCUT2D eigenvalue weighted by molar-refractivity contribution is 0.136. The summed E-state index contributed by atoms with van der Waals surface area (Å²) in [4.78, 5) is 2.40. The monoisotopic (exact) mass is 261 g/mol. The Morgan fingerprint density at radius 1 is 1.47 bits per heavy atom. The molecule has 1 aliphatic rings. The SMILES string of the molecule is CC1CC(N)CCN1Cc1cc(-c2ccco2)on1. The lowest BCUT2D eigenvalue weighted by Crippen LogP contribution is -2.45. The maximum Gasteiger partial charge on any atom is 0.202 e. The number of rotatable bonds is 3. The highest BCUT2D eigenvalue weighted by Crippen LogP contribution is 2.23. The quantitative estimate of drug-likeness (QED) is 0.917. The second kappa shape index (κ2) is 5.19. The van der Waals surface area contributed by atoms with Crippen molar-refractivity contribution in [1.29, 1.82) is 0 Å². The highest BCUT2D eigenvalue weighted by atomic mass is 16.5. The van der Waals surface area contributed by atoms with E-state index in [4.69, 9.17) is 14.7 Å². The topological polar surface area (TPSA) is 68.4 Å². The summed E-state index contributed by atoms with van der Waals surface area (Å²) in [7, 11) is 0. The van der Waals surface area contributed by atoms with Crippen LogP contribution in [-0.4, -0.2) is 28.7 Å². The summed E-state index contributed by atoms with van der Waals surface area (Å²) in [5.74, 6) is 1.40. The second-order valence-electron chi connectivity index (χ2n) is 5.26. The minimum atomic E-state index is 0.335. The summed E-state index contributed by atoms with van der Waals surface area (Å²) in [5, 5.41) is 4.11. The van der Waals surface area contributed by atoms with Crippen LogP contribution in [0.15, 0.2) is 33.4 Å². The number of aromatic nitrogens is 1. The van der Waals surface area contributed by atoms with E-state index in [0.29, 0.717) is 23.6 Å². The summed E-state index contributed by atoms with van der Waals surface area (Å²) >= 11 is 0. The Kier molecular flexibility index (Phi) is 3.40. The van der Waals surface area contributed by atoms with Crippen molar-refractivity contribution in [3.8, 4) is 11.5 Å². The maximum absolute atomic E-state index is 5.98. The molecule has 0 radical (unpaired) electrons. The molecule has 0 aromatic carbocycles. The van der Waals surface area contributed by atoms with E-state index in [1.54, 1.807) is 6.26 Å². The van der Waals surface area contributed by atoms with Crippen LogP contribution in [0.3, 0.4) is 0 Å². The Morgan fingerprint density at radius 3 is 3.11 bits per heavy atom. The van der Waals surface area contributed by atoms with Gasteiger partial charge in [-0.15, -0.1) is 0 Å². The van der Waals surface area contributed by atoms with Crippen molar-refractivity contribution < 1.29 is 8.94 Å². The smallest absolute Gasteiger partial charge is 0.202 e. The average Bonchev–Trinajstić information content (AvgIpc) is 3.03. The fraction of sp³-hybridized carbons (Fsp3) is 0.500. The summed E-state index contributed by atoms with van der Waals surface area (Å²) in [6.07, 6.45) is 3.72. The molecule has 2 unspecified atom stereocenters. The zero-order chi connectivity index (χ0) is 13.2. The standard InChI is InChI=1S/C14H19N3O2/c1-10-7-11(15)4-5-17(10)9-12-8-14(19-16-12)13-3-2-6-18-13/h2-3,6,8,10-11H,4-5,7,9,15H2,1H3. The number of nitrogens with zero attached hydrogens (tertiary/aromatic N) is 2. The molecule has 2 aromatic heterocycles. The number of hydrogen-bond donors (Lipinski definition) is 1. The summed E-state index contributed by atoms with van der Waals surface area (Å²) in [5.41, 5.74) is 6.91. The number of furan rings is 1. The predicted molar refractivity (Wildman–Crippen MR) is 71.3 cm³/mol. The molecule has 2 aromatic rings. The van der Waals surface area contributed by atoms with E-state index in [9.17, 15) is 0 Å². The first-order valence-corrected chi connectivity index (χ1v) is 6.71. The first-order valence-electron chi connectivity index (χ1n) is 6.71. The van der Waals surface area contributed by atoms with Gasteiger partial charge in [-0.2, -0.15) is 0 Å². The molecular formula is C14H19N3O2. The molecule has 1 fully saturated rings. The molecule has 2 N–H and O–H groups in total. The van der Waals surface area contributed by atoms with Crippen LogP contribution >= 0.6 is 0 Å². The van der Waals surface area contributed by atoms with Crippen LogP contribution in [0.4, 0.5) is 0 Å². The number of hydrogen-bond acceptors (Lipinski definition) is 5. The molecule has 0 spiro atoms. The van der Waals surface area contributed by atoms with Gasteiger partial charge in [0.1, 0.15) is 0 Å². The molecular weight excluding hydrogens is 242 g/mol. The van der Waals surface area contributed by atoms with Gasteiger partial charge < -0.3 is 14.7 Å².